The van der Waals surface area contributed by atoms with Gasteiger partial charge in [0.15, 0.2) is 0 Å². The molecule has 1 aromatic carbocycles. The van der Waals surface area contributed by atoms with Gasteiger partial charge in [0.05, 0.1) is 9.93 Å². The number of benzene rings is 1. The molecule has 0 spiro atoms. The fraction of sp³-hybridized carbons (Fsp3) is 0.133. The number of thioether (sulfide) groups is 2. The molecule has 0 saturated carbocycles. The summed E-state index contributed by atoms with van der Waals surface area (Å²) < 4.78 is 1.40. The lowest BCUT2D eigenvalue weighted by Crippen LogP contribution is -1.92. The highest BCUT2D eigenvalue weighted by molar-refractivity contribution is 8.25. The predicted octanol–water partition coefficient (Wildman–Crippen LogP) is 4.28. The molecule has 1 nitrogen and oxygen atoms in total. The number of nitrogens with zero attached hydrogens (tertiary/aromatic N) is 1. The molecule has 1 saturated heterocycles. The topological polar surface area (TPSA) is 12.9 Å². The molecule has 2 aromatic rings. The van der Waals surface area contributed by atoms with Crippen molar-refractivity contribution in [3.05, 3.63) is 70.2 Å². The molecular formula is C15H13NS2. The Labute approximate surface area is 116 Å². The summed E-state index contributed by atoms with van der Waals surface area (Å²) in [5.41, 5.74) is 3.61. The van der Waals surface area contributed by atoms with Crippen LogP contribution in [0.4, 0.5) is 0 Å². The van der Waals surface area contributed by atoms with Gasteiger partial charge in [-0.2, -0.15) is 0 Å². The molecule has 3 heteroatoms. The van der Waals surface area contributed by atoms with Crippen LogP contribution in [-0.2, 0) is 0 Å². The van der Waals surface area contributed by atoms with E-state index in [-0.39, 0.29) is 0 Å². The van der Waals surface area contributed by atoms with E-state index in [9.17, 15) is 0 Å². The molecule has 18 heavy (non-hydrogen) atoms. The number of hydrogen-bond donors (Lipinski definition) is 0. The average Bonchev–Trinajstić information content (AvgIpc) is 2.95. The number of rotatable bonds is 2. The Morgan fingerprint density at radius 2 is 1.61 bits per heavy atom. The van der Waals surface area contributed by atoms with Gasteiger partial charge in [0.2, 0.25) is 0 Å². The van der Waals surface area contributed by atoms with Gasteiger partial charge in [-0.3, -0.25) is 4.98 Å². The first kappa shape index (κ1) is 11.9. The van der Waals surface area contributed by atoms with Crippen LogP contribution in [0.2, 0.25) is 0 Å². The van der Waals surface area contributed by atoms with Gasteiger partial charge < -0.3 is 0 Å². The highest BCUT2D eigenvalue weighted by Crippen LogP contribution is 2.43. The molecule has 0 unspecified atom stereocenters. The average molecular weight is 271 g/mol. The second-order valence-electron chi connectivity index (χ2n) is 3.94. The summed E-state index contributed by atoms with van der Waals surface area (Å²) in [6.45, 7) is 0. The third-order valence-electron chi connectivity index (χ3n) is 2.74. The van der Waals surface area contributed by atoms with Gasteiger partial charge in [-0.15, -0.1) is 23.5 Å². The lowest BCUT2D eigenvalue weighted by molar-refractivity contribution is 1.27. The van der Waals surface area contributed by atoms with Crippen LogP contribution in [0.3, 0.4) is 0 Å². The fourth-order valence-electron chi connectivity index (χ4n) is 1.94. The van der Waals surface area contributed by atoms with E-state index in [4.69, 9.17) is 0 Å². The van der Waals surface area contributed by atoms with E-state index in [0.717, 1.165) is 5.69 Å². The molecule has 0 radical (unpaired) electrons. The minimum absolute atomic E-state index is 1.07. The zero-order chi connectivity index (χ0) is 12.2. The summed E-state index contributed by atoms with van der Waals surface area (Å²) in [5.74, 6) is 2.40. The molecule has 90 valence electrons. The highest BCUT2D eigenvalue weighted by Gasteiger charge is 2.17. The Morgan fingerprint density at radius 3 is 2.28 bits per heavy atom. The van der Waals surface area contributed by atoms with E-state index in [1.165, 1.54) is 26.9 Å². The maximum absolute atomic E-state index is 4.52. The van der Waals surface area contributed by atoms with Crippen molar-refractivity contribution >= 4 is 29.1 Å². The summed E-state index contributed by atoms with van der Waals surface area (Å²) in [6.07, 6.45) is 1.86. The summed E-state index contributed by atoms with van der Waals surface area (Å²) >= 11 is 3.89. The van der Waals surface area contributed by atoms with E-state index in [1.807, 2.05) is 35.8 Å². The Balaban J connectivity index is 2.14. The van der Waals surface area contributed by atoms with Gasteiger partial charge >= 0.3 is 0 Å². The molecule has 2 heterocycles. The SMILES string of the molecule is c1ccc(C(=C2SCCS2)c2ccccn2)cc1. The molecule has 1 aliphatic rings. The predicted molar refractivity (Wildman–Crippen MR) is 81.6 cm³/mol. The highest BCUT2D eigenvalue weighted by atomic mass is 32.2. The van der Waals surface area contributed by atoms with Gasteiger partial charge in [0.25, 0.3) is 0 Å². The maximum atomic E-state index is 4.52. The summed E-state index contributed by atoms with van der Waals surface area (Å²) in [4.78, 5) is 4.52. The quantitative estimate of drug-likeness (QED) is 0.809. The van der Waals surface area contributed by atoms with Crippen LogP contribution < -0.4 is 0 Å². The summed E-state index contributed by atoms with van der Waals surface area (Å²) in [6, 6.07) is 16.7. The van der Waals surface area contributed by atoms with Gasteiger partial charge in [-0.25, -0.2) is 0 Å². The number of pyridine rings is 1. The Morgan fingerprint density at radius 1 is 0.889 bits per heavy atom. The van der Waals surface area contributed by atoms with Crippen molar-refractivity contribution in [1.29, 1.82) is 0 Å². The summed E-state index contributed by atoms with van der Waals surface area (Å²) in [7, 11) is 0. The van der Waals surface area contributed by atoms with Gasteiger partial charge in [-0.05, 0) is 17.7 Å². The minimum atomic E-state index is 1.07. The molecular weight excluding hydrogens is 258 g/mol. The van der Waals surface area contributed by atoms with E-state index in [1.54, 1.807) is 0 Å². The number of aromatic nitrogens is 1. The molecule has 0 bridgehead atoms. The van der Waals surface area contributed by atoms with Crippen molar-refractivity contribution in [2.24, 2.45) is 0 Å². The van der Waals surface area contributed by atoms with Gasteiger partial charge in [0.1, 0.15) is 0 Å². The Bertz CT molecular complexity index is 500. The largest absolute Gasteiger partial charge is 0.256 e. The van der Waals surface area contributed by atoms with Gasteiger partial charge in [0, 0.05) is 23.3 Å². The van der Waals surface area contributed by atoms with Crippen molar-refractivity contribution in [1.82, 2.24) is 4.98 Å². The van der Waals surface area contributed by atoms with Crippen LogP contribution in [0.15, 0.2) is 59.0 Å². The van der Waals surface area contributed by atoms with Crippen molar-refractivity contribution in [3.63, 3.8) is 0 Å². The molecule has 0 amide bonds. The Hall–Kier alpha value is -1.19. The Kier molecular flexibility index (Phi) is 3.72. The van der Waals surface area contributed by atoms with E-state index < -0.39 is 0 Å². The summed E-state index contributed by atoms with van der Waals surface area (Å²) in [5, 5.41) is 0. The van der Waals surface area contributed by atoms with Crippen LogP contribution in [-0.4, -0.2) is 16.5 Å². The molecule has 0 N–H and O–H groups in total. The lowest BCUT2D eigenvalue weighted by Gasteiger charge is -2.10. The molecule has 1 fully saturated rings. The third kappa shape index (κ3) is 2.47. The zero-order valence-electron chi connectivity index (χ0n) is 9.87. The molecule has 0 aliphatic carbocycles. The van der Waals surface area contributed by atoms with Crippen molar-refractivity contribution in [2.75, 3.05) is 11.5 Å². The van der Waals surface area contributed by atoms with Crippen molar-refractivity contribution < 1.29 is 0 Å². The molecule has 3 rings (SSSR count). The first-order valence-electron chi connectivity index (χ1n) is 5.92. The second-order valence-corrected chi connectivity index (χ2v) is 6.41. The van der Waals surface area contributed by atoms with Gasteiger partial charge in [-0.1, -0.05) is 36.4 Å². The van der Waals surface area contributed by atoms with E-state index >= 15 is 0 Å². The van der Waals surface area contributed by atoms with Crippen LogP contribution in [0.5, 0.6) is 0 Å². The minimum Gasteiger partial charge on any atom is -0.256 e. The zero-order valence-corrected chi connectivity index (χ0v) is 11.5. The van der Waals surface area contributed by atoms with Crippen LogP contribution in [0.1, 0.15) is 11.3 Å². The van der Waals surface area contributed by atoms with Crippen LogP contribution >= 0.6 is 23.5 Å². The first-order valence-corrected chi connectivity index (χ1v) is 7.89. The smallest absolute Gasteiger partial charge is 0.0724 e. The monoisotopic (exact) mass is 271 g/mol. The van der Waals surface area contributed by atoms with E-state index in [2.05, 4.69) is 47.4 Å². The molecule has 1 aromatic heterocycles. The second kappa shape index (κ2) is 5.63. The normalized spacial score (nSPS) is 14.8. The third-order valence-corrected chi connectivity index (χ3v) is 5.45. The van der Waals surface area contributed by atoms with E-state index in [0.29, 0.717) is 0 Å². The standard InChI is InChI=1S/C15H13NS2/c1-2-6-12(7-3-1)14(15-17-10-11-18-15)13-8-4-5-9-16-13/h1-9H,10-11H2. The van der Waals surface area contributed by atoms with Crippen molar-refractivity contribution in [3.8, 4) is 0 Å². The molecule has 1 aliphatic heterocycles. The maximum Gasteiger partial charge on any atom is 0.0724 e. The fourth-order valence-corrected chi connectivity index (χ4v) is 4.54. The van der Waals surface area contributed by atoms with Crippen molar-refractivity contribution in [2.45, 2.75) is 0 Å². The lowest BCUT2D eigenvalue weighted by atomic mass is 10.0. The molecule has 0 atom stereocenters. The van der Waals surface area contributed by atoms with Crippen LogP contribution in [0, 0.1) is 0 Å². The number of hydrogen-bond acceptors (Lipinski definition) is 3. The van der Waals surface area contributed by atoms with Crippen LogP contribution in [0.25, 0.3) is 5.57 Å². The first-order chi connectivity index (χ1) is 8.95.